The fraction of sp³-hybridized carbons (Fsp3) is 0.875. The lowest BCUT2D eigenvalue weighted by molar-refractivity contribution is -0.128. The van der Waals surface area contributed by atoms with E-state index in [9.17, 15) is 13.2 Å². The molecule has 0 aromatic carbocycles. The van der Waals surface area contributed by atoms with E-state index in [2.05, 4.69) is 0 Å². The zero-order valence-corrected chi connectivity index (χ0v) is 9.67. The van der Waals surface area contributed by atoms with Gasteiger partial charge < -0.3 is 10.6 Å². The maximum absolute atomic E-state index is 11.4. The highest BCUT2D eigenvalue weighted by Gasteiger charge is 2.18. The first kappa shape index (κ1) is 13.4. The summed E-state index contributed by atoms with van der Waals surface area (Å²) in [6, 6.07) is -0.0192. The summed E-state index contributed by atoms with van der Waals surface area (Å²) in [6.07, 6.45) is 1.72. The van der Waals surface area contributed by atoms with Gasteiger partial charge in [0.05, 0.1) is 0 Å². The van der Waals surface area contributed by atoms with E-state index in [1.54, 1.807) is 7.05 Å². The molecule has 14 heavy (non-hydrogen) atoms. The average Bonchev–Trinajstić information content (AvgIpc) is 2.00. The molecular weight excluding hydrogens is 204 g/mol. The number of rotatable bonds is 5. The van der Waals surface area contributed by atoms with Gasteiger partial charge in [0.15, 0.2) is 9.84 Å². The van der Waals surface area contributed by atoms with Crippen molar-refractivity contribution in [3.63, 3.8) is 0 Å². The summed E-state index contributed by atoms with van der Waals surface area (Å²) >= 11 is 0. The van der Waals surface area contributed by atoms with Crippen molar-refractivity contribution < 1.29 is 13.2 Å². The van der Waals surface area contributed by atoms with Gasteiger partial charge in [-0.05, 0) is 19.9 Å². The molecule has 0 aliphatic carbocycles. The van der Waals surface area contributed by atoms with Crippen molar-refractivity contribution in [2.45, 2.75) is 19.4 Å². The summed E-state index contributed by atoms with van der Waals surface area (Å²) < 4.78 is 21.7. The Bertz CT molecular complexity index is 287. The maximum atomic E-state index is 11.4. The molecule has 0 fully saturated rings. The largest absolute Gasteiger partial charge is 0.342 e. The summed E-state index contributed by atoms with van der Waals surface area (Å²) in [5, 5.41) is 0. The number of nitrogens with zero attached hydrogens (tertiary/aromatic N) is 1. The van der Waals surface area contributed by atoms with Crippen molar-refractivity contribution in [2.75, 3.05) is 25.6 Å². The van der Waals surface area contributed by atoms with Crippen molar-refractivity contribution in [1.29, 1.82) is 0 Å². The molecule has 0 aliphatic heterocycles. The van der Waals surface area contributed by atoms with Gasteiger partial charge >= 0.3 is 0 Å². The second kappa shape index (κ2) is 5.31. The van der Waals surface area contributed by atoms with Crippen LogP contribution in [0.15, 0.2) is 0 Å². The molecule has 6 heteroatoms. The molecule has 0 aromatic rings. The monoisotopic (exact) mass is 222 g/mol. The first-order valence-electron chi connectivity index (χ1n) is 4.41. The third-order valence-electron chi connectivity index (χ3n) is 2.02. The van der Waals surface area contributed by atoms with Crippen LogP contribution in [0.3, 0.4) is 0 Å². The van der Waals surface area contributed by atoms with Crippen LogP contribution in [-0.2, 0) is 14.6 Å². The number of sulfone groups is 1. The normalized spacial score (nSPS) is 13.7. The zero-order valence-electron chi connectivity index (χ0n) is 8.86. The molecule has 2 N–H and O–H groups in total. The molecule has 0 saturated heterocycles. The highest BCUT2D eigenvalue weighted by Crippen LogP contribution is 2.01. The Morgan fingerprint density at radius 1 is 1.50 bits per heavy atom. The van der Waals surface area contributed by atoms with E-state index in [1.807, 2.05) is 6.92 Å². The molecule has 0 spiro atoms. The van der Waals surface area contributed by atoms with Gasteiger partial charge in [0.25, 0.3) is 0 Å². The van der Waals surface area contributed by atoms with Crippen molar-refractivity contribution in [3.8, 4) is 0 Å². The first-order chi connectivity index (χ1) is 6.28. The van der Waals surface area contributed by atoms with E-state index in [1.165, 1.54) is 4.90 Å². The molecule has 0 bridgehead atoms. The zero-order chi connectivity index (χ0) is 11.4. The van der Waals surface area contributed by atoms with Crippen molar-refractivity contribution >= 4 is 15.7 Å². The van der Waals surface area contributed by atoms with Gasteiger partial charge in [0, 0.05) is 19.3 Å². The van der Waals surface area contributed by atoms with Crippen LogP contribution in [0.2, 0.25) is 0 Å². The Kier molecular flexibility index (Phi) is 5.07. The molecule has 0 heterocycles. The maximum Gasteiger partial charge on any atom is 0.237 e. The topological polar surface area (TPSA) is 80.5 Å². The minimum atomic E-state index is -3.24. The molecule has 0 rings (SSSR count). The molecule has 0 saturated carbocycles. The third-order valence-corrected chi connectivity index (χ3v) is 2.80. The summed E-state index contributed by atoms with van der Waals surface area (Å²) in [5.41, 5.74) is 5.34. The second-order valence-corrected chi connectivity index (χ2v) is 5.64. The molecule has 84 valence electrons. The predicted octanol–water partition coefficient (Wildman–Crippen LogP) is -0.773. The van der Waals surface area contributed by atoms with Crippen LogP contribution >= 0.6 is 0 Å². The van der Waals surface area contributed by atoms with Crippen LogP contribution in [0.25, 0.3) is 0 Å². The van der Waals surface area contributed by atoms with Crippen LogP contribution in [0.5, 0.6) is 0 Å². The summed E-state index contributed by atoms with van der Waals surface area (Å²) in [4.78, 5) is 12.8. The van der Waals surface area contributed by atoms with Gasteiger partial charge in [-0.2, -0.15) is 0 Å². The molecule has 5 nitrogen and oxygen atoms in total. The number of carbonyl (C=O) groups is 1. The summed E-state index contributed by atoms with van der Waals surface area (Å²) in [5.74, 6) is -0.813. The highest BCUT2D eigenvalue weighted by molar-refractivity contribution is 7.91. The molecular formula is C8H18N2O3S. The van der Waals surface area contributed by atoms with E-state index in [0.717, 1.165) is 6.26 Å². The van der Waals surface area contributed by atoms with Crippen LogP contribution in [0.1, 0.15) is 13.3 Å². The van der Waals surface area contributed by atoms with E-state index >= 15 is 0 Å². The van der Waals surface area contributed by atoms with E-state index in [-0.39, 0.29) is 11.9 Å². The SMILES string of the molecule is CC(CCN)N(C)C(=O)CS(C)(=O)=O. The Labute approximate surface area is 85.2 Å². The molecule has 0 radical (unpaired) electrons. The van der Waals surface area contributed by atoms with E-state index in [4.69, 9.17) is 5.73 Å². The molecule has 0 aliphatic rings. The van der Waals surface area contributed by atoms with Crippen molar-refractivity contribution in [2.24, 2.45) is 5.73 Å². The summed E-state index contributed by atoms with van der Waals surface area (Å²) in [6.45, 7) is 2.32. The lowest BCUT2D eigenvalue weighted by atomic mass is 10.2. The third kappa shape index (κ3) is 5.18. The standard InChI is InChI=1S/C8H18N2O3S/c1-7(4-5-9)10(2)8(11)6-14(3,12)13/h7H,4-6,9H2,1-3H3. The predicted molar refractivity (Wildman–Crippen MR) is 55.6 cm³/mol. The smallest absolute Gasteiger partial charge is 0.237 e. The van der Waals surface area contributed by atoms with Crippen LogP contribution in [0.4, 0.5) is 0 Å². The molecule has 1 unspecified atom stereocenters. The van der Waals surface area contributed by atoms with Crippen LogP contribution in [-0.4, -0.2) is 50.9 Å². The second-order valence-electron chi connectivity index (χ2n) is 3.50. The fourth-order valence-corrected chi connectivity index (χ4v) is 1.66. The molecule has 1 atom stereocenters. The van der Waals surface area contributed by atoms with Crippen molar-refractivity contribution in [3.05, 3.63) is 0 Å². The van der Waals surface area contributed by atoms with Gasteiger partial charge in [-0.25, -0.2) is 8.42 Å². The van der Waals surface area contributed by atoms with E-state index in [0.29, 0.717) is 13.0 Å². The lowest BCUT2D eigenvalue weighted by Gasteiger charge is -2.24. The quantitative estimate of drug-likeness (QED) is 0.662. The Morgan fingerprint density at radius 2 is 2.00 bits per heavy atom. The van der Waals surface area contributed by atoms with Gasteiger partial charge in [-0.1, -0.05) is 0 Å². The van der Waals surface area contributed by atoms with Gasteiger partial charge in [0.1, 0.15) is 5.75 Å². The fourth-order valence-electron chi connectivity index (χ4n) is 1.01. The van der Waals surface area contributed by atoms with E-state index < -0.39 is 15.6 Å². The van der Waals surface area contributed by atoms with Crippen molar-refractivity contribution in [1.82, 2.24) is 4.90 Å². The number of hydrogen-bond donors (Lipinski definition) is 1. The Balaban J connectivity index is 4.26. The molecule has 0 aromatic heterocycles. The number of hydrogen-bond acceptors (Lipinski definition) is 4. The minimum Gasteiger partial charge on any atom is -0.342 e. The van der Waals surface area contributed by atoms with Crippen LogP contribution < -0.4 is 5.73 Å². The number of amides is 1. The van der Waals surface area contributed by atoms with Gasteiger partial charge in [-0.3, -0.25) is 4.79 Å². The first-order valence-corrected chi connectivity index (χ1v) is 6.47. The molecule has 1 amide bonds. The average molecular weight is 222 g/mol. The Morgan fingerprint density at radius 3 is 2.36 bits per heavy atom. The Hall–Kier alpha value is -0.620. The number of carbonyl (C=O) groups excluding carboxylic acids is 1. The number of nitrogens with two attached hydrogens (primary N) is 1. The van der Waals surface area contributed by atoms with Gasteiger partial charge in [0.2, 0.25) is 5.91 Å². The lowest BCUT2D eigenvalue weighted by Crippen LogP contribution is -2.39. The summed E-state index contributed by atoms with van der Waals surface area (Å²) in [7, 11) is -1.65. The van der Waals surface area contributed by atoms with Gasteiger partial charge in [-0.15, -0.1) is 0 Å². The minimum absolute atomic E-state index is 0.0192. The highest BCUT2D eigenvalue weighted by atomic mass is 32.2. The van der Waals surface area contributed by atoms with Crippen LogP contribution in [0, 0.1) is 0 Å².